The Kier molecular flexibility index (Phi) is 7.04. The lowest BCUT2D eigenvalue weighted by Gasteiger charge is -2.14. The maximum absolute atomic E-state index is 13.2. The van der Waals surface area contributed by atoms with Crippen molar-refractivity contribution in [3.8, 4) is 11.5 Å². The fourth-order valence-corrected chi connectivity index (χ4v) is 3.57. The van der Waals surface area contributed by atoms with Gasteiger partial charge in [-0.2, -0.15) is 0 Å². The molecular weight excluding hydrogens is 428 g/mol. The molecule has 2 heterocycles. The van der Waals surface area contributed by atoms with E-state index >= 15 is 0 Å². The molecule has 2 aromatic heterocycles. The summed E-state index contributed by atoms with van der Waals surface area (Å²) in [6, 6.07) is 20.3. The lowest BCUT2D eigenvalue weighted by atomic mass is 10.1. The Morgan fingerprint density at radius 2 is 1.78 bits per heavy atom. The molecule has 0 amide bonds. The van der Waals surface area contributed by atoms with Crippen molar-refractivity contribution in [1.82, 2.24) is 9.55 Å². The molecule has 0 unspecified atom stereocenters. The Bertz CT molecular complexity index is 1240. The van der Waals surface area contributed by atoms with Crippen LogP contribution in [0.5, 0.6) is 11.5 Å². The minimum absolute atomic E-state index is 0.126. The zero-order valence-corrected chi connectivity index (χ0v) is 18.4. The van der Waals surface area contributed by atoms with Crippen LogP contribution in [0, 0.1) is 0 Å². The molecule has 0 aliphatic heterocycles. The Hall–Kier alpha value is -3.35. The van der Waals surface area contributed by atoms with Gasteiger partial charge < -0.3 is 18.8 Å². The highest BCUT2D eigenvalue weighted by Gasteiger charge is 2.11. The Morgan fingerprint density at radius 3 is 2.53 bits per heavy atom. The molecule has 7 heteroatoms. The molecule has 0 bridgehead atoms. The molecule has 0 radical (unpaired) electrons. The highest BCUT2D eigenvalue weighted by molar-refractivity contribution is 6.31. The van der Waals surface area contributed by atoms with Crippen LogP contribution in [-0.4, -0.2) is 23.3 Å². The summed E-state index contributed by atoms with van der Waals surface area (Å²) in [6.07, 6.45) is 1.72. The second-order valence-electron chi connectivity index (χ2n) is 7.17. The van der Waals surface area contributed by atoms with E-state index in [-0.39, 0.29) is 12.2 Å². The van der Waals surface area contributed by atoms with E-state index in [1.807, 2.05) is 60.7 Å². The molecule has 0 aliphatic rings. The van der Waals surface area contributed by atoms with Gasteiger partial charge in [-0.15, -0.1) is 0 Å². The van der Waals surface area contributed by atoms with E-state index in [4.69, 9.17) is 25.8 Å². The summed E-state index contributed by atoms with van der Waals surface area (Å²) in [5, 5.41) is 1.48. The molecule has 2 aromatic carbocycles. The summed E-state index contributed by atoms with van der Waals surface area (Å²) in [5.41, 5.74) is 2.02. The van der Waals surface area contributed by atoms with Crippen LogP contribution < -0.4 is 15.0 Å². The molecule has 0 spiro atoms. The first-order chi connectivity index (χ1) is 15.6. The molecule has 32 heavy (non-hydrogen) atoms. The van der Waals surface area contributed by atoms with Crippen molar-refractivity contribution in [3.05, 3.63) is 99.6 Å². The third-order valence-corrected chi connectivity index (χ3v) is 5.24. The van der Waals surface area contributed by atoms with Gasteiger partial charge in [0.1, 0.15) is 18.1 Å². The second-order valence-corrected chi connectivity index (χ2v) is 7.60. The van der Waals surface area contributed by atoms with Crippen LogP contribution in [0.1, 0.15) is 11.3 Å². The van der Waals surface area contributed by atoms with Crippen LogP contribution in [0.4, 0.5) is 0 Å². The molecule has 4 aromatic rings. The van der Waals surface area contributed by atoms with Crippen molar-refractivity contribution < 1.29 is 14.2 Å². The summed E-state index contributed by atoms with van der Waals surface area (Å²) >= 11 is 6.20. The quantitative estimate of drug-likeness (QED) is 0.364. The van der Waals surface area contributed by atoms with Crippen LogP contribution in [0.3, 0.4) is 0 Å². The number of hydrogen-bond acceptors (Lipinski definition) is 5. The van der Waals surface area contributed by atoms with Gasteiger partial charge in [0.25, 0.3) is 5.56 Å². The van der Waals surface area contributed by atoms with Crippen LogP contribution >= 0.6 is 11.6 Å². The van der Waals surface area contributed by atoms with Crippen LogP contribution in [0.15, 0.2) is 77.7 Å². The summed E-state index contributed by atoms with van der Waals surface area (Å²) in [6.45, 7) is 1.22. The second kappa shape index (κ2) is 10.3. The first-order valence-corrected chi connectivity index (χ1v) is 10.6. The Labute approximate surface area is 191 Å². The zero-order valence-electron chi connectivity index (χ0n) is 17.7. The normalized spacial score (nSPS) is 10.9. The fraction of sp³-hybridized carbons (Fsp3) is 0.200. The van der Waals surface area contributed by atoms with E-state index in [0.717, 1.165) is 22.3 Å². The van der Waals surface area contributed by atoms with Crippen molar-refractivity contribution in [3.63, 3.8) is 0 Å². The van der Waals surface area contributed by atoms with Crippen molar-refractivity contribution in [2.75, 3.05) is 13.7 Å². The average molecular weight is 451 g/mol. The molecular formula is C25H23ClN2O4. The van der Waals surface area contributed by atoms with E-state index in [0.29, 0.717) is 36.1 Å². The lowest BCUT2D eigenvalue weighted by molar-refractivity contribution is 0.103. The summed E-state index contributed by atoms with van der Waals surface area (Å²) in [4.78, 5) is 17.5. The first kappa shape index (κ1) is 21.9. The molecule has 0 N–H and O–H groups in total. The predicted octanol–water partition coefficient (Wildman–Crippen LogP) is 4.85. The van der Waals surface area contributed by atoms with Gasteiger partial charge >= 0.3 is 0 Å². The molecule has 0 saturated heterocycles. The number of benzene rings is 2. The maximum Gasteiger partial charge on any atom is 0.256 e. The molecule has 0 saturated carbocycles. The Balaban J connectivity index is 1.52. The zero-order chi connectivity index (χ0) is 22.3. The maximum atomic E-state index is 13.2. The minimum Gasteiger partial charge on any atom is -0.497 e. The van der Waals surface area contributed by atoms with Gasteiger partial charge in [0.15, 0.2) is 0 Å². The van der Waals surface area contributed by atoms with E-state index in [2.05, 4.69) is 4.98 Å². The van der Waals surface area contributed by atoms with Crippen molar-refractivity contribution in [1.29, 1.82) is 0 Å². The van der Waals surface area contributed by atoms with E-state index in [9.17, 15) is 4.79 Å². The van der Waals surface area contributed by atoms with Crippen molar-refractivity contribution in [2.24, 2.45) is 0 Å². The number of halogens is 1. The van der Waals surface area contributed by atoms with Crippen LogP contribution in [-0.2, 0) is 24.5 Å². The predicted molar refractivity (Wildman–Crippen MR) is 124 cm³/mol. The summed E-state index contributed by atoms with van der Waals surface area (Å²) in [5.74, 6) is 1.46. The fourth-order valence-electron chi connectivity index (χ4n) is 3.41. The number of fused-ring (bicyclic) bond motifs is 1. The van der Waals surface area contributed by atoms with Gasteiger partial charge in [0.05, 0.1) is 38.1 Å². The summed E-state index contributed by atoms with van der Waals surface area (Å²) in [7, 11) is 1.62. The number of ether oxygens (including phenoxy) is 3. The number of nitrogens with zero attached hydrogens (tertiary/aromatic N) is 2. The average Bonchev–Trinajstić information content (AvgIpc) is 2.82. The smallest absolute Gasteiger partial charge is 0.256 e. The number of aromatic nitrogens is 2. The van der Waals surface area contributed by atoms with Gasteiger partial charge in [-0.1, -0.05) is 23.7 Å². The van der Waals surface area contributed by atoms with E-state index in [1.165, 1.54) is 0 Å². The van der Waals surface area contributed by atoms with E-state index < -0.39 is 0 Å². The van der Waals surface area contributed by atoms with Gasteiger partial charge in [-0.3, -0.25) is 9.78 Å². The van der Waals surface area contributed by atoms with Crippen molar-refractivity contribution in [2.45, 2.75) is 19.8 Å². The third-order valence-electron chi connectivity index (χ3n) is 5.01. The van der Waals surface area contributed by atoms with Gasteiger partial charge in [0.2, 0.25) is 0 Å². The largest absolute Gasteiger partial charge is 0.497 e. The highest BCUT2D eigenvalue weighted by atomic mass is 35.5. The molecule has 6 nitrogen and oxygen atoms in total. The topological polar surface area (TPSA) is 62.6 Å². The van der Waals surface area contributed by atoms with Gasteiger partial charge in [-0.05, 0) is 60.0 Å². The van der Waals surface area contributed by atoms with Crippen LogP contribution in [0.25, 0.3) is 10.9 Å². The van der Waals surface area contributed by atoms with Gasteiger partial charge in [-0.25, -0.2) is 0 Å². The third kappa shape index (κ3) is 5.28. The molecule has 4 rings (SSSR count). The Morgan fingerprint density at radius 1 is 0.969 bits per heavy atom. The number of pyridine rings is 2. The minimum atomic E-state index is -0.126. The molecule has 0 fully saturated rings. The lowest BCUT2D eigenvalue weighted by Crippen LogP contribution is -2.27. The number of hydrogen-bond donors (Lipinski definition) is 0. The van der Waals surface area contributed by atoms with Gasteiger partial charge in [0, 0.05) is 16.8 Å². The molecule has 164 valence electrons. The number of methoxy groups -OCH3 is 1. The van der Waals surface area contributed by atoms with Crippen molar-refractivity contribution >= 4 is 22.5 Å². The summed E-state index contributed by atoms with van der Waals surface area (Å²) < 4.78 is 18.4. The SMILES string of the molecule is COc1ccc(OCCn2c(=O)c(COCc3ccccn3)cc3ccc(Cl)cc32)cc1. The standard InChI is InChI=1S/C25H23ClN2O4/c1-30-22-7-9-23(10-8-22)32-13-12-28-24-15-20(26)6-5-18(24)14-19(25(28)29)16-31-17-21-4-2-3-11-27-21/h2-11,14-15H,12-13,16-17H2,1H3. The van der Waals surface area contributed by atoms with Crippen LogP contribution in [0.2, 0.25) is 5.02 Å². The molecule has 0 atom stereocenters. The molecule has 0 aliphatic carbocycles. The number of rotatable bonds is 9. The monoisotopic (exact) mass is 450 g/mol. The highest BCUT2D eigenvalue weighted by Crippen LogP contribution is 2.20. The van der Waals surface area contributed by atoms with E-state index in [1.54, 1.807) is 23.9 Å². The first-order valence-electron chi connectivity index (χ1n) is 10.2.